The molecule has 1 atom stereocenters. The third-order valence-electron chi connectivity index (χ3n) is 3.65. The van der Waals surface area contributed by atoms with E-state index in [-0.39, 0.29) is 17.4 Å². The lowest BCUT2D eigenvalue weighted by atomic mass is 9.74. The molecule has 1 aromatic rings. The SMILES string of the molecule is CC(C)(C)c1cccc(C(C)(C)C)c1C(O)CCOP(O)O. The van der Waals surface area contributed by atoms with Crippen molar-refractivity contribution >= 4 is 8.60 Å². The van der Waals surface area contributed by atoms with Crippen LogP contribution in [0.5, 0.6) is 0 Å². The fourth-order valence-electron chi connectivity index (χ4n) is 2.62. The van der Waals surface area contributed by atoms with Crippen molar-refractivity contribution < 1.29 is 19.4 Å². The molecule has 0 aliphatic rings. The van der Waals surface area contributed by atoms with Crippen molar-refractivity contribution in [3.63, 3.8) is 0 Å². The predicted molar refractivity (Wildman–Crippen MR) is 90.7 cm³/mol. The van der Waals surface area contributed by atoms with E-state index in [0.29, 0.717) is 6.42 Å². The maximum Gasteiger partial charge on any atom is 0.327 e. The molecule has 0 aliphatic heterocycles. The van der Waals surface area contributed by atoms with Crippen LogP contribution in [0.4, 0.5) is 0 Å². The summed E-state index contributed by atoms with van der Waals surface area (Å²) < 4.78 is 4.80. The second-order valence-corrected chi connectivity index (χ2v) is 8.42. The number of hydrogen-bond donors (Lipinski definition) is 3. The number of hydrogen-bond acceptors (Lipinski definition) is 4. The van der Waals surface area contributed by atoms with Gasteiger partial charge in [0, 0.05) is 6.42 Å². The Balaban J connectivity index is 3.23. The Labute approximate surface area is 135 Å². The fraction of sp³-hybridized carbons (Fsp3) is 0.647. The molecule has 5 heteroatoms. The van der Waals surface area contributed by atoms with E-state index in [1.165, 1.54) is 0 Å². The molecule has 0 fully saturated rings. The lowest BCUT2D eigenvalue weighted by Gasteiger charge is -2.32. The molecule has 22 heavy (non-hydrogen) atoms. The zero-order valence-corrected chi connectivity index (χ0v) is 15.3. The Bertz CT molecular complexity index is 454. The first kappa shape index (κ1) is 19.5. The van der Waals surface area contributed by atoms with Gasteiger partial charge in [0.2, 0.25) is 0 Å². The summed E-state index contributed by atoms with van der Waals surface area (Å²) in [6.07, 6.45) is -0.365. The lowest BCUT2D eigenvalue weighted by Crippen LogP contribution is -2.23. The van der Waals surface area contributed by atoms with Gasteiger partial charge < -0.3 is 19.4 Å². The van der Waals surface area contributed by atoms with Gasteiger partial charge in [-0.25, -0.2) is 0 Å². The smallest absolute Gasteiger partial charge is 0.327 e. The maximum atomic E-state index is 10.7. The summed E-state index contributed by atoms with van der Waals surface area (Å²) in [7, 11) is -2.37. The Kier molecular flexibility index (Phi) is 6.55. The number of rotatable bonds is 5. The Morgan fingerprint density at radius 1 is 1.00 bits per heavy atom. The third kappa shape index (κ3) is 5.29. The summed E-state index contributed by atoms with van der Waals surface area (Å²) >= 11 is 0. The molecule has 0 saturated heterocycles. The van der Waals surface area contributed by atoms with E-state index >= 15 is 0 Å². The molecule has 126 valence electrons. The summed E-state index contributed by atoms with van der Waals surface area (Å²) in [5.74, 6) is 0. The lowest BCUT2D eigenvalue weighted by molar-refractivity contribution is 0.132. The van der Waals surface area contributed by atoms with Gasteiger partial charge in [-0.15, -0.1) is 0 Å². The first-order valence-electron chi connectivity index (χ1n) is 7.57. The zero-order chi connectivity index (χ0) is 17.1. The van der Waals surface area contributed by atoms with Crippen LogP contribution in [0.15, 0.2) is 18.2 Å². The van der Waals surface area contributed by atoms with Crippen LogP contribution in [-0.2, 0) is 15.4 Å². The van der Waals surface area contributed by atoms with Crippen LogP contribution in [0.1, 0.15) is 70.8 Å². The number of aliphatic hydroxyl groups is 1. The third-order valence-corrected chi connectivity index (χ3v) is 4.07. The molecule has 0 radical (unpaired) electrons. The molecule has 0 aliphatic carbocycles. The average molecular weight is 328 g/mol. The van der Waals surface area contributed by atoms with Crippen molar-refractivity contribution in [2.75, 3.05) is 6.61 Å². The average Bonchev–Trinajstić information content (AvgIpc) is 2.35. The van der Waals surface area contributed by atoms with Crippen molar-refractivity contribution in [3.05, 3.63) is 34.9 Å². The van der Waals surface area contributed by atoms with E-state index < -0.39 is 14.7 Å². The second-order valence-electron chi connectivity index (χ2n) is 7.66. The predicted octanol–water partition coefficient (Wildman–Crippen LogP) is 3.93. The van der Waals surface area contributed by atoms with Gasteiger partial charge in [0.25, 0.3) is 0 Å². The molecule has 4 nitrogen and oxygen atoms in total. The molecule has 0 saturated carbocycles. The highest BCUT2D eigenvalue weighted by molar-refractivity contribution is 7.39. The van der Waals surface area contributed by atoms with E-state index in [2.05, 4.69) is 53.7 Å². The minimum Gasteiger partial charge on any atom is -0.388 e. The highest BCUT2D eigenvalue weighted by atomic mass is 31.2. The van der Waals surface area contributed by atoms with Gasteiger partial charge >= 0.3 is 8.60 Å². The standard InChI is InChI=1S/C17H29O4P/c1-16(2,3)12-8-7-9-13(17(4,5)6)15(12)14(18)10-11-21-22(19)20/h7-9,14,18-20H,10-11H2,1-6H3. The minimum absolute atomic E-state index is 0.0843. The molecule has 0 heterocycles. The van der Waals surface area contributed by atoms with Crippen LogP contribution in [0, 0.1) is 0 Å². The van der Waals surface area contributed by atoms with E-state index in [4.69, 9.17) is 14.3 Å². The van der Waals surface area contributed by atoms with E-state index in [1.807, 2.05) is 6.07 Å². The zero-order valence-electron chi connectivity index (χ0n) is 14.4. The van der Waals surface area contributed by atoms with Gasteiger partial charge in [-0.3, -0.25) is 0 Å². The fourth-order valence-corrected chi connectivity index (χ4v) is 2.89. The highest BCUT2D eigenvalue weighted by Gasteiger charge is 2.28. The van der Waals surface area contributed by atoms with Crippen LogP contribution in [0.2, 0.25) is 0 Å². The number of aliphatic hydroxyl groups excluding tert-OH is 1. The molecule has 0 bridgehead atoms. The van der Waals surface area contributed by atoms with Crippen LogP contribution in [0.25, 0.3) is 0 Å². The molecule has 1 unspecified atom stereocenters. The Hall–Kier alpha value is -0.510. The van der Waals surface area contributed by atoms with Crippen LogP contribution < -0.4 is 0 Å². The molecule has 0 spiro atoms. The summed E-state index contributed by atoms with van der Waals surface area (Å²) in [6.45, 7) is 12.9. The van der Waals surface area contributed by atoms with Crippen LogP contribution >= 0.6 is 8.60 Å². The maximum absolute atomic E-state index is 10.7. The summed E-state index contributed by atoms with van der Waals surface area (Å²) in [5.41, 5.74) is 2.99. The van der Waals surface area contributed by atoms with Gasteiger partial charge in [-0.1, -0.05) is 59.7 Å². The summed E-state index contributed by atoms with van der Waals surface area (Å²) in [5, 5.41) is 10.7. The van der Waals surface area contributed by atoms with E-state index in [0.717, 1.165) is 16.7 Å². The van der Waals surface area contributed by atoms with Crippen molar-refractivity contribution in [1.29, 1.82) is 0 Å². The van der Waals surface area contributed by atoms with E-state index in [1.54, 1.807) is 0 Å². The first-order chi connectivity index (χ1) is 9.94. The van der Waals surface area contributed by atoms with Crippen LogP contribution in [0.3, 0.4) is 0 Å². The molecule has 3 N–H and O–H groups in total. The second kappa shape index (κ2) is 7.37. The molecule has 1 aromatic carbocycles. The van der Waals surface area contributed by atoms with Gasteiger partial charge in [-0.05, 0) is 27.5 Å². The van der Waals surface area contributed by atoms with Gasteiger partial charge in [0.05, 0.1) is 12.7 Å². The van der Waals surface area contributed by atoms with Crippen molar-refractivity contribution in [2.24, 2.45) is 0 Å². The highest BCUT2D eigenvalue weighted by Crippen LogP contribution is 2.38. The first-order valence-corrected chi connectivity index (χ1v) is 8.74. The summed E-state index contributed by atoms with van der Waals surface area (Å²) in [4.78, 5) is 17.6. The minimum atomic E-state index is -2.37. The molecule has 0 amide bonds. The van der Waals surface area contributed by atoms with Crippen molar-refractivity contribution in [1.82, 2.24) is 0 Å². The van der Waals surface area contributed by atoms with Gasteiger partial charge in [-0.2, -0.15) is 0 Å². The molecule has 1 rings (SSSR count). The Morgan fingerprint density at radius 2 is 1.45 bits per heavy atom. The normalized spacial score (nSPS) is 14.5. The van der Waals surface area contributed by atoms with E-state index in [9.17, 15) is 5.11 Å². The topological polar surface area (TPSA) is 69.9 Å². The Morgan fingerprint density at radius 3 is 1.82 bits per heavy atom. The van der Waals surface area contributed by atoms with Crippen LogP contribution in [-0.4, -0.2) is 21.5 Å². The quantitative estimate of drug-likeness (QED) is 0.716. The largest absolute Gasteiger partial charge is 0.388 e. The molecular weight excluding hydrogens is 299 g/mol. The summed E-state index contributed by atoms with van der Waals surface area (Å²) in [6, 6.07) is 6.15. The molecule has 0 aromatic heterocycles. The van der Waals surface area contributed by atoms with Crippen molar-refractivity contribution in [2.45, 2.75) is 64.9 Å². The van der Waals surface area contributed by atoms with Crippen molar-refractivity contribution in [3.8, 4) is 0 Å². The number of benzene rings is 1. The van der Waals surface area contributed by atoms with Gasteiger partial charge in [0.15, 0.2) is 0 Å². The molecular formula is C17H29O4P. The van der Waals surface area contributed by atoms with Gasteiger partial charge in [0.1, 0.15) is 0 Å². The monoisotopic (exact) mass is 328 g/mol.